The fraction of sp³-hybridized carbons (Fsp3) is 0.500. The SMILES string of the molecule is CC1OCC2(CCC(CNc3ccc(-c4ccncc4)cn3)O2)C1C. The monoisotopic (exact) mass is 339 g/mol. The first-order valence-electron chi connectivity index (χ1n) is 9.06. The molecule has 0 aromatic carbocycles. The first-order chi connectivity index (χ1) is 12.2. The fourth-order valence-electron chi connectivity index (χ4n) is 3.85. The van der Waals surface area contributed by atoms with Crippen LogP contribution in [-0.4, -0.2) is 40.9 Å². The van der Waals surface area contributed by atoms with Gasteiger partial charge in [0, 0.05) is 36.6 Å². The lowest BCUT2D eigenvalue weighted by atomic mass is 9.86. The fourth-order valence-corrected chi connectivity index (χ4v) is 3.85. The second-order valence-corrected chi connectivity index (χ2v) is 7.20. The summed E-state index contributed by atoms with van der Waals surface area (Å²) in [6.07, 6.45) is 8.14. The van der Waals surface area contributed by atoms with Crippen LogP contribution in [0.15, 0.2) is 42.9 Å². The van der Waals surface area contributed by atoms with E-state index in [9.17, 15) is 0 Å². The van der Waals surface area contributed by atoms with Crippen molar-refractivity contribution < 1.29 is 9.47 Å². The van der Waals surface area contributed by atoms with Gasteiger partial charge in [-0.15, -0.1) is 0 Å². The normalized spacial score (nSPS) is 31.5. The first kappa shape index (κ1) is 16.5. The van der Waals surface area contributed by atoms with Gasteiger partial charge in [0.15, 0.2) is 0 Å². The molecule has 0 saturated carbocycles. The molecule has 1 spiro atoms. The molecule has 4 atom stereocenters. The van der Waals surface area contributed by atoms with Gasteiger partial charge in [-0.05, 0) is 49.6 Å². The lowest BCUT2D eigenvalue weighted by molar-refractivity contribution is -0.0574. The molecular formula is C20H25N3O2. The quantitative estimate of drug-likeness (QED) is 0.923. The maximum atomic E-state index is 6.39. The summed E-state index contributed by atoms with van der Waals surface area (Å²) in [6, 6.07) is 8.07. The third-order valence-corrected chi connectivity index (χ3v) is 5.70. The minimum absolute atomic E-state index is 0.0790. The van der Waals surface area contributed by atoms with Crippen molar-refractivity contribution in [3.63, 3.8) is 0 Å². The standard InChI is InChI=1S/C20H25N3O2/c1-14-15(2)24-13-20(14)8-5-18(25-20)12-23-19-4-3-17(11-22-19)16-6-9-21-10-7-16/h3-4,6-7,9-11,14-15,18H,5,8,12-13H2,1-2H3,(H,22,23). The number of pyridine rings is 2. The number of aromatic nitrogens is 2. The predicted molar refractivity (Wildman–Crippen MR) is 97.4 cm³/mol. The summed E-state index contributed by atoms with van der Waals surface area (Å²) in [6.45, 7) is 5.89. The van der Waals surface area contributed by atoms with Gasteiger partial charge >= 0.3 is 0 Å². The number of ether oxygens (including phenoxy) is 2. The third-order valence-electron chi connectivity index (χ3n) is 5.70. The Morgan fingerprint density at radius 3 is 2.68 bits per heavy atom. The summed E-state index contributed by atoms with van der Waals surface area (Å²) in [5.41, 5.74) is 2.14. The largest absolute Gasteiger partial charge is 0.375 e. The molecule has 2 saturated heterocycles. The van der Waals surface area contributed by atoms with E-state index < -0.39 is 0 Å². The molecule has 5 heteroatoms. The van der Waals surface area contributed by atoms with Crippen molar-refractivity contribution in [2.24, 2.45) is 5.92 Å². The minimum atomic E-state index is -0.0790. The Balaban J connectivity index is 1.33. The summed E-state index contributed by atoms with van der Waals surface area (Å²) < 4.78 is 12.2. The van der Waals surface area contributed by atoms with Crippen molar-refractivity contribution in [1.29, 1.82) is 0 Å². The summed E-state index contributed by atoms with van der Waals surface area (Å²) in [5, 5.41) is 3.41. The molecular weight excluding hydrogens is 314 g/mol. The van der Waals surface area contributed by atoms with Crippen molar-refractivity contribution in [1.82, 2.24) is 9.97 Å². The molecule has 132 valence electrons. The molecule has 2 fully saturated rings. The van der Waals surface area contributed by atoms with Crippen LogP contribution in [0.2, 0.25) is 0 Å². The van der Waals surface area contributed by atoms with Gasteiger partial charge in [-0.2, -0.15) is 0 Å². The van der Waals surface area contributed by atoms with Crippen LogP contribution >= 0.6 is 0 Å². The average molecular weight is 339 g/mol. The van der Waals surface area contributed by atoms with E-state index in [0.29, 0.717) is 5.92 Å². The highest BCUT2D eigenvalue weighted by Crippen LogP contribution is 2.43. The van der Waals surface area contributed by atoms with E-state index in [0.717, 1.165) is 42.9 Å². The smallest absolute Gasteiger partial charge is 0.126 e. The number of nitrogens with one attached hydrogen (secondary N) is 1. The van der Waals surface area contributed by atoms with Gasteiger partial charge in [0.2, 0.25) is 0 Å². The van der Waals surface area contributed by atoms with Crippen LogP contribution in [0.1, 0.15) is 26.7 Å². The third kappa shape index (κ3) is 3.26. The van der Waals surface area contributed by atoms with Crippen LogP contribution in [0.3, 0.4) is 0 Å². The molecule has 2 aromatic heterocycles. The minimum Gasteiger partial charge on any atom is -0.375 e. The average Bonchev–Trinajstić information content (AvgIpc) is 3.20. The highest BCUT2D eigenvalue weighted by atomic mass is 16.6. The van der Waals surface area contributed by atoms with Gasteiger partial charge in [0.1, 0.15) is 5.82 Å². The Morgan fingerprint density at radius 2 is 2.00 bits per heavy atom. The van der Waals surface area contributed by atoms with Gasteiger partial charge in [-0.1, -0.05) is 6.92 Å². The molecule has 2 aliphatic rings. The maximum absolute atomic E-state index is 6.39. The van der Waals surface area contributed by atoms with Crippen molar-refractivity contribution in [2.45, 2.75) is 44.5 Å². The highest BCUT2D eigenvalue weighted by Gasteiger charge is 2.51. The van der Waals surface area contributed by atoms with Gasteiger partial charge in [0.25, 0.3) is 0 Å². The summed E-state index contributed by atoms with van der Waals surface area (Å²) in [5.74, 6) is 1.33. The maximum Gasteiger partial charge on any atom is 0.126 e. The van der Waals surface area contributed by atoms with Crippen molar-refractivity contribution >= 4 is 5.82 Å². The summed E-state index contributed by atoms with van der Waals surface area (Å²) in [4.78, 5) is 8.57. The lowest BCUT2D eigenvalue weighted by Gasteiger charge is -2.28. The molecule has 25 heavy (non-hydrogen) atoms. The number of anilines is 1. The van der Waals surface area contributed by atoms with E-state index >= 15 is 0 Å². The van der Waals surface area contributed by atoms with Crippen molar-refractivity contribution in [3.8, 4) is 11.1 Å². The van der Waals surface area contributed by atoms with Gasteiger partial charge < -0.3 is 14.8 Å². The van der Waals surface area contributed by atoms with Gasteiger partial charge in [-0.25, -0.2) is 4.98 Å². The van der Waals surface area contributed by atoms with E-state index in [4.69, 9.17) is 9.47 Å². The van der Waals surface area contributed by atoms with Crippen molar-refractivity contribution in [2.75, 3.05) is 18.5 Å². The molecule has 4 rings (SSSR count). The van der Waals surface area contributed by atoms with E-state index in [-0.39, 0.29) is 17.8 Å². The van der Waals surface area contributed by atoms with Crippen LogP contribution in [0, 0.1) is 5.92 Å². The predicted octanol–water partition coefficient (Wildman–Crippen LogP) is 3.53. The summed E-state index contributed by atoms with van der Waals surface area (Å²) in [7, 11) is 0. The van der Waals surface area contributed by atoms with Crippen LogP contribution in [-0.2, 0) is 9.47 Å². The molecule has 2 aliphatic heterocycles. The molecule has 4 unspecified atom stereocenters. The topological polar surface area (TPSA) is 56.3 Å². The van der Waals surface area contributed by atoms with E-state index in [1.165, 1.54) is 0 Å². The Hall–Kier alpha value is -1.98. The van der Waals surface area contributed by atoms with E-state index in [2.05, 4.69) is 35.2 Å². The Bertz CT molecular complexity index is 707. The summed E-state index contributed by atoms with van der Waals surface area (Å²) >= 11 is 0. The number of nitrogens with zero attached hydrogens (tertiary/aromatic N) is 2. The van der Waals surface area contributed by atoms with Crippen LogP contribution < -0.4 is 5.32 Å². The van der Waals surface area contributed by atoms with Gasteiger partial charge in [-0.3, -0.25) is 4.98 Å². The molecule has 0 bridgehead atoms. The van der Waals surface area contributed by atoms with Crippen LogP contribution in [0.4, 0.5) is 5.82 Å². The number of hydrogen-bond donors (Lipinski definition) is 1. The zero-order valence-corrected chi connectivity index (χ0v) is 14.8. The van der Waals surface area contributed by atoms with Crippen molar-refractivity contribution in [3.05, 3.63) is 42.9 Å². The van der Waals surface area contributed by atoms with Crippen LogP contribution in [0.5, 0.6) is 0 Å². The van der Waals surface area contributed by atoms with E-state index in [1.54, 1.807) is 12.4 Å². The molecule has 0 aliphatic carbocycles. The Morgan fingerprint density at radius 1 is 1.16 bits per heavy atom. The lowest BCUT2D eigenvalue weighted by Crippen LogP contribution is -2.38. The second kappa shape index (κ2) is 6.73. The van der Waals surface area contributed by atoms with Crippen LogP contribution in [0.25, 0.3) is 11.1 Å². The molecule has 5 nitrogen and oxygen atoms in total. The highest BCUT2D eigenvalue weighted by molar-refractivity contribution is 5.62. The Kier molecular flexibility index (Phi) is 4.44. The Labute approximate surface area is 148 Å². The van der Waals surface area contributed by atoms with E-state index in [1.807, 2.05) is 24.4 Å². The number of hydrogen-bond acceptors (Lipinski definition) is 5. The second-order valence-electron chi connectivity index (χ2n) is 7.20. The number of rotatable bonds is 4. The molecule has 0 amide bonds. The zero-order chi connectivity index (χ0) is 17.3. The molecule has 4 heterocycles. The molecule has 0 radical (unpaired) electrons. The molecule has 1 N–H and O–H groups in total. The molecule has 2 aromatic rings. The zero-order valence-electron chi connectivity index (χ0n) is 14.8. The first-order valence-corrected chi connectivity index (χ1v) is 9.06. The van der Waals surface area contributed by atoms with Gasteiger partial charge in [0.05, 0.1) is 24.4 Å².